The van der Waals surface area contributed by atoms with Crippen LogP contribution in [0.5, 0.6) is 0 Å². The van der Waals surface area contributed by atoms with Crippen LogP contribution in [0.1, 0.15) is 25.5 Å². The van der Waals surface area contributed by atoms with Crippen molar-refractivity contribution in [3.05, 3.63) is 24.0 Å². The van der Waals surface area contributed by atoms with E-state index in [-0.39, 0.29) is 0 Å². The Morgan fingerprint density at radius 2 is 2.44 bits per heavy atom. The highest BCUT2D eigenvalue weighted by Gasteiger charge is 2.19. The standard InChI is InChI=1S/C14H23N3O/c1-3-15-10-12-9-13(6-7-16-12)17-8-4-5-14(11-17)18-2/h6-7,9,14-15H,3-5,8,10-11H2,1-2H3. The number of aromatic nitrogens is 1. The minimum Gasteiger partial charge on any atom is -0.380 e. The fraction of sp³-hybridized carbons (Fsp3) is 0.643. The number of pyridine rings is 1. The third kappa shape index (κ3) is 3.43. The van der Waals surface area contributed by atoms with E-state index in [9.17, 15) is 0 Å². The molecule has 0 spiro atoms. The number of nitrogens with zero attached hydrogens (tertiary/aromatic N) is 2. The Morgan fingerprint density at radius 3 is 3.22 bits per heavy atom. The summed E-state index contributed by atoms with van der Waals surface area (Å²) >= 11 is 0. The van der Waals surface area contributed by atoms with E-state index in [4.69, 9.17) is 4.74 Å². The molecule has 4 heteroatoms. The van der Waals surface area contributed by atoms with Crippen molar-refractivity contribution in [1.82, 2.24) is 10.3 Å². The van der Waals surface area contributed by atoms with Crippen LogP contribution in [0.15, 0.2) is 18.3 Å². The first kappa shape index (κ1) is 13.3. The number of rotatable bonds is 5. The summed E-state index contributed by atoms with van der Waals surface area (Å²) in [5.74, 6) is 0. The highest BCUT2D eigenvalue weighted by atomic mass is 16.5. The van der Waals surface area contributed by atoms with E-state index in [0.29, 0.717) is 6.10 Å². The molecule has 1 aliphatic rings. The fourth-order valence-electron chi connectivity index (χ4n) is 2.38. The molecule has 0 radical (unpaired) electrons. The summed E-state index contributed by atoms with van der Waals surface area (Å²) < 4.78 is 5.47. The maximum atomic E-state index is 5.47. The molecule has 1 fully saturated rings. The van der Waals surface area contributed by atoms with Crippen LogP contribution in [0.25, 0.3) is 0 Å². The van der Waals surface area contributed by atoms with Crippen LogP contribution in [0, 0.1) is 0 Å². The topological polar surface area (TPSA) is 37.4 Å². The van der Waals surface area contributed by atoms with Gasteiger partial charge in [0.1, 0.15) is 0 Å². The molecule has 0 bridgehead atoms. The Kier molecular flexibility index (Phi) is 4.96. The Hall–Kier alpha value is -1.13. The van der Waals surface area contributed by atoms with Gasteiger partial charge in [-0.25, -0.2) is 0 Å². The summed E-state index contributed by atoms with van der Waals surface area (Å²) in [6.45, 7) is 6.02. The second-order valence-corrected chi connectivity index (χ2v) is 4.73. The second kappa shape index (κ2) is 6.71. The van der Waals surface area contributed by atoms with Crippen molar-refractivity contribution in [2.24, 2.45) is 0 Å². The number of ether oxygens (including phenoxy) is 1. The predicted octanol–water partition coefficient (Wildman–Crippen LogP) is 1.81. The number of hydrogen-bond acceptors (Lipinski definition) is 4. The smallest absolute Gasteiger partial charge is 0.0746 e. The van der Waals surface area contributed by atoms with Gasteiger partial charge in [0, 0.05) is 38.6 Å². The zero-order valence-electron chi connectivity index (χ0n) is 11.4. The normalized spacial score (nSPS) is 20.1. The van der Waals surface area contributed by atoms with Gasteiger partial charge in [-0.2, -0.15) is 0 Å². The van der Waals surface area contributed by atoms with Crippen LogP contribution in [0.2, 0.25) is 0 Å². The maximum Gasteiger partial charge on any atom is 0.0746 e. The first-order chi connectivity index (χ1) is 8.83. The van der Waals surface area contributed by atoms with Crippen molar-refractivity contribution >= 4 is 5.69 Å². The molecule has 1 atom stereocenters. The SMILES string of the molecule is CCNCc1cc(N2CCCC(OC)C2)ccn1. The number of hydrogen-bond donors (Lipinski definition) is 1. The average molecular weight is 249 g/mol. The van der Waals surface area contributed by atoms with Gasteiger partial charge >= 0.3 is 0 Å². The molecular weight excluding hydrogens is 226 g/mol. The molecule has 100 valence electrons. The molecule has 18 heavy (non-hydrogen) atoms. The van der Waals surface area contributed by atoms with Gasteiger partial charge in [-0.15, -0.1) is 0 Å². The van der Waals surface area contributed by atoms with Crippen molar-refractivity contribution in [1.29, 1.82) is 0 Å². The molecular formula is C14H23N3O. The number of anilines is 1. The quantitative estimate of drug-likeness (QED) is 0.863. The lowest BCUT2D eigenvalue weighted by Gasteiger charge is -2.33. The van der Waals surface area contributed by atoms with Crippen LogP contribution in [-0.2, 0) is 11.3 Å². The summed E-state index contributed by atoms with van der Waals surface area (Å²) in [4.78, 5) is 6.79. The Bertz CT molecular complexity index is 370. The van der Waals surface area contributed by atoms with Crippen LogP contribution >= 0.6 is 0 Å². The van der Waals surface area contributed by atoms with Gasteiger partial charge in [-0.05, 0) is 31.5 Å². The van der Waals surface area contributed by atoms with E-state index in [1.165, 1.54) is 18.5 Å². The zero-order chi connectivity index (χ0) is 12.8. The molecule has 2 heterocycles. The van der Waals surface area contributed by atoms with Crippen LogP contribution in [0.4, 0.5) is 5.69 Å². The van der Waals surface area contributed by atoms with Crippen molar-refractivity contribution in [2.75, 3.05) is 31.6 Å². The van der Waals surface area contributed by atoms with Gasteiger partial charge in [-0.1, -0.05) is 6.92 Å². The largest absolute Gasteiger partial charge is 0.380 e. The summed E-state index contributed by atoms with van der Waals surface area (Å²) in [7, 11) is 1.80. The molecule has 1 aromatic rings. The van der Waals surface area contributed by atoms with Gasteiger partial charge < -0.3 is 15.0 Å². The van der Waals surface area contributed by atoms with Gasteiger partial charge in [0.2, 0.25) is 0 Å². The molecule has 2 rings (SSSR count). The zero-order valence-corrected chi connectivity index (χ0v) is 11.4. The fourth-order valence-corrected chi connectivity index (χ4v) is 2.38. The molecule has 1 N–H and O–H groups in total. The van der Waals surface area contributed by atoms with E-state index >= 15 is 0 Å². The molecule has 1 saturated heterocycles. The molecule has 0 aromatic carbocycles. The minimum absolute atomic E-state index is 0.365. The second-order valence-electron chi connectivity index (χ2n) is 4.73. The van der Waals surface area contributed by atoms with Crippen LogP contribution < -0.4 is 10.2 Å². The molecule has 4 nitrogen and oxygen atoms in total. The molecule has 1 aliphatic heterocycles. The maximum absolute atomic E-state index is 5.47. The van der Waals surface area contributed by atoms with E-state index in [1.807, 2.05) is 6.20 Å². The monoisotopic (exact) mass is 249 g/mol. The average Bonchev–Trinajstić information content (AvgIpc) is 2.45. The van der Waals surface area contributed by atoms with Crippen molar-refractivity contribution in [2.45, 2.75) is 32.4 Å². The van der Waals surface area contributed by atoms with Gasteiger partial charge in [0.15, 0.2) is 0 Å². The first-order valence-corrected chi connectivity index (χ1v) is 6.77. The molecule has 0 aliphatic carbocycles. The van der Waals surface area contributed by atoms with Crippen molar-refractivity contribution in [3.8, 4) is 0 Å². The van der Waals surface area contributed by atoms with Crippen LogP contribution in [-0.4, -0.2) is 37.8 Å². The molecule has 1 unspecified atom stereocenters. The van der Waals surface area contributed by atoms with Crippen LogP contribution in [0.3, 0.4) is 0 Å². The first-order valence-electron chi connectivity index (χ1n) is 6.77. The van der Waals surface area contributed by atoms with Gasteiger partial charge in [0.25, 0.3) is 0 Å². The lowest BCUT2D eigenvalue weighted by atomic mass is 10.1. The van der Waals surface area contributed by atoms with Crippen molar-refractivity contribution in [3.63, 3.8) is 0 Å². The Morgan fingerprint density at radius 1 is 1.56 bits per heavy atom. The predicted molar refractivity (Wildman–Crippen MR) is 73.9 cm³/mol. The van der Waals surface area contributed by atoms with Crippen molar-refractivity contribution < 1.29 is 4.74 Å². The number of piperidine rings is 1. The van der Waals surface area contributed by atoms with E-state index in [2.05, 4.69) is 34.3 Å². The number of nitrogens with one attached hydrogen (secondary N) is 1. The van der Waals surface area contributed by atoms with E-state index in [1.54, 1.807) is 7.11 Å². The highest BCUT2D eigenvalue weighted by Crippen LogP contribution is 2.21. The summed E-state index contributed by atoms with van der Waals surface area (Å²) in [6, 6.07) is 4.27. The summed E-state index contributed by atoms with van der Waals surface area (Å²) in [5, 5.41) is 3.31. The number of methoxy groups -OCH3 is 1. The summed E-state index contributed by atoms with van der Waals surface area (Å²) in [6.07, 6.45) is 4.63. The minimum atomic E-state index is 0.365. The van der Waals surface area contributed by atoms with Gasteiger partial charge in [0.05, 0.1) is 11.8 Å². The highest BCUT2D eigenvalue weighted by molar-refractivity contribution is 5.47. The molecule has 0 saturated carbocycles. The van der Waals surface area contributed by atoms with E-state index < -0.39 is 0 Å². The Labute approximate surface area is 109 Å². The molecule has 0 amide bonds. The lowest BCUT2D eigenvalue weighted by molar-refractivity contribution is 0.0893. The lowest BCUT2D eigenvalue weighted by Crippen LogP contribution is -2.39. The van der Waals surface area contributed by atoms with E-state index in [0.717, 1.165) is 31.9 Å². The summed E-state index contributed by atoms with van der Waals surface area (Å²) in [5.41, 5.74) is 2.37. The Balaban J connectivity index is 2.02. The third-order valence-electron chi connectivity index (χ3n) is 3.43. The third-order valence-corrected chi connectivity index (χ3v) is 3.43. The molecule has 1 aromatic heterocycles. The van der Waals surface area contributed by atoms with Gasteiger partial charge in [-0.3, -0.25) is 4.98 Å².